The second-order valence-corrected chi connectivity index (χ2v) is 7.89. The molecule has 1 aromatic carbocycles. The van der Waals surface area contributed by atoms with Gasteiger partial charge in [0.2, 0.25) is 0 Å². The summed E-state index contributed by atoms with van der Waals surface area (Å²) in [6.07, 6.45) is -0.302. The van der Waals surface area contributed by atoms with Crippen molar-refractivity contribution < 1.29 is 23.1 Å². The number of carbonyl (C=O) groups is 1. The molecule has 0 fully saturated rings. The van der Waals surface area contributed by atoms with Gasteiger partial charge >= 0.3 is 12.1 Å². The van der Waals surface area contributed by atoms with Crippen molar-refractivity contribution in [2.75, 3.05) is 7.05 Å². The van der Waals surface area contributed by atoms with E-state index >= 15 is 0 Å². The fraction of sp³-hybridized carbons (Fsp3) is 0.412. The second kappa shape index (κ2) is 7.73. The summed E-state index contributed by atoms with van der Waals surface area (Å²) in [6, 6.07) is 3.28. The van der Waals surface area contributed by atoms with Crippen molar-refractivity contribution in [3.05, 3.63) is 46.2 Å². The Balaban J connectivity index is 1.79. The van der Waals surface area contributed by atoms with Crippen molar-refractivity contribution in [3.8, 4) is 0 Å². The van der Waals surface area contributed by atoms with Crippen molar-refractivity contribution in [1.82, 2.24) is 14.1 Å². The molecular formula is C17H17ClF3N3O2S. The summed E-state index contributed by atoms with van der Waals surface area (Å²) < 4.78 is 41.8. The van der Waals surface area contributed by atoms with Gasteiger partial charge < -0.3 is 5.11 Å². The first-order chi connectivity index (χ1) is 12.7. The molecule has 146 valence electrons. The van der Waals surface area contributed by atoms with Crippen LogP contribution in [0.15, 0.2) is 29.3 Å². The fourth-order valence-electron chi connectivity index (χ4n) is 3.21. The number of nitrogens with zero attached hydrogens (tertiary/aromatic N) is 3. The summed E-state index contributed by atoms with van der Waals surface area (Å²) in [6.45, 7) is -0.191. The highest BCUT2D eigenvalue weighted by molar-refractivity contribution is 7.97. The van der Waals surface area contributed by atoms with E-state index in [9.17, 15) is 18.0 Å². The molecule has 1 aliphatic rings. The van der Waals surface area contributed by atoms with Gasteiger partial charge in [0.05, 0.1) is 16.8 Å². The Morgan fingerprint density at radius 2 is 2.22 bits per heavy atom. The number of hydrogen-bond donors (Lipinski definition) is 1. The number of aromatic nitrogens is 2. The number of fused-ring (bicyclic) bond motifs is 1. The maximum Gasteiger partial charge on any atom is 0.416 e. The standard InChI is InChI=1S/C17H17ClF3N3O2S/c1-23(27-15-6-5-10(7-12(15)18)17(19,20)21)13-3-2-4-14-11(13)8-22-24(14)9-16(25)26/h5-8,13H,2-4,9H2,1H3,(H,25,26)/t13-/m1/s1. The average molecular weight is 420 g/mol. The van der Waals surface area contributed by atoms with E-state index in [-0.39, 0.29) is 17.6 Å². The molecule has 1 heterocycles. The van der Waals surface area contributed by atoms with Gasteiger partial charge in [-0.1, -0.05) is 11.6 Å². The highest BCUT2D eigenvalue weighted by atomic mass is 35.5. The fourth-order valence-corrected chi connectivity index (χ4v) is 4.42. The van der Waals surface area contributed by atoms with Gasteiger partial charge in [-0.2, -0.15) is 18.3 Å². The molecule has 10 heteroatoms. The number of carboxylic acid groups (broad SMARTS) is 1. The van der Waals surface area contributed by atoms with Crippen LogP contribution in [-0.2, 0) is 23.9 Å². The van der Waals surface area contributed by atoms with Crippen LogP contribution in [0.5, 0.6) is 0 Å². The van der Waals surface area contributed by atoms with Crippen LogP contribution in [0.4, 0.5) is 13.2 Å². The SMILES string of the molecule is CN(Sc1ccc(C(F)(F)F)cc1Cl)[C@@H]1CCCc2c1cnn2CC(=O)O. The van der Waals surface area contributed by atoms with Gasteiger partial charge in [0.15, 0.2) is 0 Å². The average Bonchev–Trinajstić information content (AvgIpc) is 2.98. The quantitative estimate of drug-likeness (QED) is 0.714. The van der Waals surface area contributed by atoms with Crippen LogP contribution in [0, 0.1) is 0 Å². The first kappa shape index (κ1) is 20.0. The van der Waals surface area contributed by atoms with Crippen molar-refractivity contribution in [3.63, 3.8) is 0 Å². The molecule has 0 unspecified atom stereocenters. The van der Waals surface area contributed by atoms with E-state index in [1.807, 2.05) is 11.4 Å². The molecule has 2 aromatic rings. The topological polar surface area (TPSA) is 58.4 Å². The van der Waals surface area contributed by atoms with Gasteiger partial charge in [-0.25, -0.2) is 4.31 Å². The number of aliphatic carboxylic acids is 1. The predicted molar refractivity (Wildman–Crippen MR) is 95.6 cm³/mol. The first-order valence-electron chi connectivity index (χ1n) is 8.20. The van der Waals surface area contributed by atoms with Crippen LogP contribution in [0.2, 0.25) is 5.02 Å². The van der Waals surface area contributed by atoms with E-state index in [1.165, 1.54) is 22.7 Å². The lowest BCUT2D eigenvalue weighted by Crippen LogP contribution is -2.23. The Hall–Kier alpha value is -1.71. The van der Waals surface area contributed by atoms with E-state index in [4.69, 9.17) is 16.7 Å². The maximum absolute atomic E-state index is 12.8. The van der Waals surface area contributed by atoms with Crippen LogP contribution >= 0.6 is 23.5 Å². The summed E-state index contributed by atoms with van der Waals surface area (Å²) in [5.74, 6) is -0.956. The molecule has 0 aliphatic heterocycles. The minimum Gasteiger partial charge on any atom is -0.480 e. The summed E-state index contributed by atoms with van der Waals surface area (Å²) in [5, 5.41) is 13.2. The number of carboxylic acids is 1. The van der Waals surface area contributed by atoms with Crippen LogP contribution in [-0.4, -0.2) is 32.2 Å². The lowest BCUT2D eigenvalue weighted by Gasteiger charge is -2.30. The summed E-state index contributed by atoms with van der Waals surface area (Å²) in [4.78, 5) is 11.5. The molecule has 27 heavy (non-hydrogen) atoms. The molecule has 0 bridgehead atoms. The molecule has 0 saturated heterocycles. The van der Waals surface area contributed by atoms with Crippen molar-refractivity contribution in [2.45, 2.75) is 42.9 Å². The van der Waals surface area contributed by atoms with E-state index < -0.39 is 17.7 Å². The Morgan fingerprint density at radius 1 is 1.48 bits per heavy atom. The van der Waals surface area contributed by atoms with Gasteiger partial charge in [0.1, 0.15) is 6.54 Å². The number of alkyl halides is 3. The van der Waals surface area contributed by atoms with Gasteiger partial charge in [0, 0.05) is 22.2 Å². The van der Waals surface area contributed by atoms with Crippen LogP contribution < -0.4 is 0 Å². The highest BCUT2D eigenvalue weighted by Crippen LogP contribution is 2.41. The third kappa shape index (κ3) is 4.41. The Labute approximate surface area is 163 Å². The molecule has 0 spiro atoms. The molecule has 0 radical (unpaired) electrons. The third-order valence-electron chi connectivity index (χ3n) is 4.46. The van der Waals surface area contributed by atoms with Crippen LogP contribution in [0.3, 0.4) is 0 Å². The second-order valence-electron chi connectivity index (χ2n) is 6.29. The zero-order valence-corrected chi connectivity index (χ0v) is 15.9. The zero-order valence-electron chi connectivity index (χ0n) is 14.3. The predicted octanol–water partition coefficient (Wildman–Crippen LogP) is 4.66. The van der Waals surface area contributed by atoms with Gasteiger partial charge in [-0.3, -0.25) is 9.48 Å². The zero-order chi connectivity index (χ0) is 19.8. The van der Waals surface area contributed by atoms with E-state index in [0.717, 1.165) is 42.7 Å². The summed E-state index contributed by atoms with van der Waals surface area (Å²) in [7, 11) is 1.84. The lowest BCUT2D eigenvalue weighted by molar-refractivity contribution is -0.138. The lowest BCUT2D eigenvalue weighted by atomic mass is 9.93. The molecular weight excluding hydrogens is 403 g/mol. The Kier molecular flexibility index (Phi) is 5.73. The number of halogens is 4. The molecule has 1 atom stereocenters. The molecule has 1 aliphatic carbocycles. The largest absolute Gasteiger partial charge is 0.480 e. The van der Waals surface area contributed by atoms with E-state index in [1.54, 1.807) is 6.20 Å². The number of benzene rings is 1. The van der Waals surface area contributed by atoms with Gasteiger partial charge in [-0.15, -0.1) is 0 Å². The molecule has 0 saturated carbocycles. The molecule has 3 rings (SSSR count). The third-order valence-corrected chi connectivity index (χ3v) is 5.98. The normalized spacial score (nSPS) is 17.2. The Morgan fingerprint density at radius 3 is 2.85 bits per heavy atom. The van der Waals surface area contributed by atoms with Gasteiger partial charge in [0.25, 0.3) is 0 Å². The highest BCUT2D eigenvalue weighted by Gasteiger charge is 2.32. The minimum atomic E-state index is -4.43. The number of hydrogen-bond acceptors (Lipinski definition) is 4. The van der Waals surface area contributed by atoms with Crippen molar-refractivity contribution in [1.29, 1.82) is 0 Å². The van der Waals surface area contributed by atoms with Crippen LogP contribution in [0.25, 0.3) is 0 Å². The summed E-state index contributed by atoms with van der Waals surface area (Å²) in [5.41, 5.74) is 1.05. The molecule has 1 aromatic heterocycles. The van der Waals surface area contributed by atoms with E-state index in [2.05, 4.69) is 5.10 Å². The summed E-state index contributed by atoms with van der Waals surface area (Å²) >= 11 is 7.31. The van der Waals surface area contributed by atoms with Crippen molar-refractivity contribution >= 4 is 29.5 Å². The smallest absolute Gasteiger partial charge is 0.416 e. The Bertz CT molecular complexity index is 856. The van der Waals surface area contributed by atoms with Crippen molar-refractivity contribution in [2.24, 2.45) is 0 Å². The first-order valence-corrected chi connectivity index (χ1v) is 9.36. The van der Waals surface area contributed by atoms with E-state index in [0.29, 0.717) is 4.90 Å². The maximum atomic E-state index is 12.8. The number of rotatable bonds is 5. The van der Waals surface area contributed by atoms with Crippen LogP contribution in [0.1, 0.15) is 35.7 Å². The van der Waals surface area contributed by atoms with Gasteiger partial charge in [-0.05, 0) is 56.5 Å². The monoisotopic (exact) mass is 419 g/mol. The minimum absolute atomic E-state index is 0.0281. The molecule has 5 nitrogen and oxygen atoms in total. The molecule has 0 amide bonds. The molecule has 1 N–H and O–H groups in total.